The molecule has 1 aromatic rings. The van der Waals surface area contributed by atoms with Gasteiger partial charge in [-0.15, -0.1) is 0 Å². The predicted molar refractivity (Wildman–Crippen MR) is 198 cm³/mol. The topological polar surface area (TPSA) is 155 Å². The first-order chi connectivity index (χ1) is 23.6. The molecule has 1 aliphatic heterocycles. The number of carbonyl (C=O) groups is 4. The Hall–Kier alpha value is -3.22. The molecule has 4 amide bonds. The van der Waals surface area contributed by atoms with Crippen molar-refractivity contribution in [1.82, 2.24) is 25.8 Å². The van der Waals surface area contributed by atoms with Gasteiger partial charge in [0.2, 0.25) is 23.6 Å². The van der Waals surface area contributed by atoms with Crippen molar-refractivity contribution in [3.63, 3.8) is 0 Å². The van der Waals surface area contributed by atoms with Crippen molar-refractivity contribution in [2.24, 2.45) is 23.7 Å². The maximum absolute atomic E-state index is 14.1. The number of nitrogens with zero attached hydrogens (tertiary/aromatic N) is 2. The van der Waals surface area contributed by atoms with Crippen LogP contribution in [0.3, 0.4) is 0 Å². The molecule has 0 spiro atoms. The quantitative estimate of drug-likeness (QED) is 0.151. The zero-order chi connectivity index (χ0) is 37.7. The van der Waals surface area contributed by atoms with Crippen molar-refractivity contribution < 1.29 is 28.7 Å². The van der Waals surface area contributed by atoms with E-state index in [4.69, 9.17) is 15.2 Å². The van der Waals surface area contributed by atoms with E-state index in [1.807, 2.05) is 70.7 Å². The maximum Gasteiger partial charge on any atom is 0.245 e. The summed E-state index contributed by atoms with van der Waals surface area (Å²) in [4.78, 5) is 58.1. The Morgan fingerprint density at radius 2 is 1.58 bits per heavy atom. The molecule has 0 unspecified atom stereocenters. The molecular weight excluding hydrogens is 636 g/mol. The van der Waals surface area contributed by atoms with Gasteiger partial charge in [0.15, 0.2) is 0 Å². The molecule has 5 N–H and O–H groups in total. The van der Waals surface area contributed by atoms with Gasteiger partial charge in [0.25, 0.3) is 0 Å². The lowest BCUT2D eigenvalue weighted by Crippen LogP contribution is -2.59. The normalized spacial score (nSPS) is 19.0. The molecule has 0 bridgehead atoms. The monoisotopic (exact) mass is 703 g/mol. The summed E-state index contributed by atoms with van der Waals surface area (Å²) in [5, 5.41) is 9.07. The smallest absolute Gasteiger partial charge is 0.245 e. The van der Waals surface area contributed by atoms with E-state index in [9.17, 15) is 19.2 Å². The number of benzene rings is 1. The minimum absolute atomic E-state index is 0.00370. The molecule has 1 fully saturated rings. The van der Waals surface area contributed by atoms with Crippen molar-refractivity contribution in [2.75, 3.05) is 47.1 Å². The van der Waals surface area contributed by atoms with Crippen molar-refractivity contribution in [3.8, 4) is 0 Å². The van der Waals surface area contributed by atoms with Gasteiger partial charge in [0.1, 0.15) is 6.04 Å². The first-order valence-electron chi connectivity index (χ1n) is 18.3. The lowest BCUT2D eigenvalue weighted by Gasteiger charge is -2.41. The number of hydrogen-bond donors (Lipinski definition) is 4. The lowest BCUT2D eigenvalue weighted by molar-refractivity contribution is -0.147. The number of methoxy groups -OCH3 is 2. The van der Waals surface area contributed by atoms with Crippen LogP contribution in [0.5, 0.6) is 0 Å². The third-order valence-corrected chi connectivity index (χ3v) is 10.4. The molecule has 12 heteroatoms. The summed E-state index contributed by atoms with van der Waals surface area (Å²) in [6, 6.07) is 5.72. The number of ether oxygens (including phenoxy) is 2. The molecule has 0 radical (unpaired) electrons. The maximum atomic E-state index is 14.1. The summed E-state index contributed by atoms with van der Waals surface area (Å²) in [5.74, 6) is -1.27. The Morgan fingerprint density at radius 3 is 2.10 bits per heavy atom. The Kier molecular flexibility index (Phi) is 17.7. The van der Waals surface area contributed by atoms with Crippen LogP contribution >= 0.6 is 0 Å². The number of amides is 4. The number of anilines is 1. The van der Waals surface area contributed by atoms with E-state index in [1.165, 1.54) is 0 Å². The SMILES string of the molecule is CC[C@H](C)[C@@H]([C@@H](CC(=O)N1CCC[C@H]1[C@H](OC)[C@@H](C)C(=O)NCCc1ccc(N)cc1)OC)N(C)C(=O)[C@@H](NC(=O)[C@@H](NC)C(C)C)C(C)C. The lowest BCUT2D eigenvalue weighted by atomic mass is 9.89. The van der Waals surface area contributed by atoms with Crippen LogP contribution in [-0.2, 0) is 35.1 Å². The van der Waals surface area contributed by atoms with Crippen LogP contribution in [0.1, 0.15) is 79.7 Å². The molecule has 0 saturated carbocycles. The molecule has 284 valence electrons. The number of nitrogen functional groups attached to an aromatic ring is 1. The zero-order valence-corrected chi connectivity index (χ0v) is 32.5. The molecule has 1 heterocycles. The van der Waals surface area contributed by atoms with E-state index in [0.717, 1.165) is 24.8 Å². The van der Waals surface area contributed by atoms with Crippen LogP contribution in [0.25, 0.3) is 0 Å². The average Bonchev–Trinajstić information content (AvgIpc) is 3.57. The second kappa shape index (κ2) is 20.6. The number of rotatable bonds is 20. The first-order valence-corrected chi connectivity index (χ1v) is 18.3. The van der Waals surface area contributed by atoms with Crippen molar-refractivity contribution in [3.05, 3.63) is 29.8 Å². The van der Waals surface area contributed by atoms with Gasteiger partial charge >= 0.3 is 0 Å². The number of carbonyl (C=O) groups excluding carboxylic acids is 4. The number of nitrogens with one attached hydrogen (secondary N) is 3. The van der Waals surface area contributed by atoms with Gasteiger partial charge in [-0.25, -0.2) is 0 Å². The number of nitrogens with two attached hydrogens (primary N) is 1. The van der Waals surface area contributed by atoms with Crippen LogP contribution in [0, 0.1) is 23.7 Å². The number of hydrogen-bond acceptors (Lipinski definition) is 8. The molecule has 8 atom stereocenters. The Bertz CT molecular complexity index is 1230. The van der Waals surface area contributed by atoms with Gasteiger partial charge < -0.3 is 41.0 Å². The molecular formula is C38H66N6O6. The van der Waals surface area contributed by atoms with Crippen LogP contribution in [0.4, 0.5) is 5.69 Å². The second-order valence-corrected chi connectivity index (χ2v) is 14.6. The van der Waals surface area contributed by atoms with E-state index >= 15 is 0 Å². The highest BCUT2D eigenvalue weighted by molar-refractivity contribution is 5.90. The molecule has 1 saturated heterocycles. The standard InChI is InChI=1S/C38H66N6O6/c1-12-25(6)34(43(9)38(48)33(24(4)5)42-37(47)32(40-8)23(2)3)30(49-10)22-31(45)44-21-13-14-29(44)35(50-11)26(7)36(46)41-20-19-27-15-17-28(39)18-16-27/h15-18,23-26,29-30,32-35,40H,12-14,19-22,39H2,1-11H3,(H,41,46)(H,42,47)/t25-,26+,29-,30+,32-,33-,34-,35+/m0/s1. The Labute approximate surface area is 300 Å². The highest BCUT2D eigenvalue weighted by Crippen LogP contribution is 2.29. The minimum atomic E-state index is -0.744. The summed E-state index contributed by atoms with van der Waals surface area (Å²) in [6.07, 6.45) is 1.93. The van der Waals surface area contributed by atoms with Crippen LogP contribution in [-0.4, -0.2) is 111 Å². The number of likely N-dealkylation sites (tertiary alicyclic amines) is 1. The molecule has 0 aliphatic carbocycles. The largest absolute Gasteiger partial charge is 0.399 e. The molecule has 0 aromatic heterocycles. The summed E-state index contributed by atoms with van der Waals surface area (Å²) in [7, 11) is 6.64. The summed E-state index contributed by atoms with van der Waals surface area (Å²) in [5.41, 5.74) is 7.56. The fourth-order valence-electron chi connectivity index (χ4n) is 7.22. The summed E-state index contributed by atoms with van der Waals surface area (Å²) < 4.78 is 11.9. The van der Waals surface area contributed by atoms with Gasteiger partial charge in [-0.3, -0.25) is 19.2 Å². The van der Waals surface area contributed by atoms with Gasteiger partial charge in [-0.05, 0) is 61.8 Å². The van der Waals surface area contributed by atoms with E-state index < -0.39 is 36.3 Å². The highest BCUT2D eigenvalue weighted by Gasteiger charge is 2.43. The zero-order valence-electron chi connectivity index (χ0n) is 32.5. The van der Waals surface area contributed by atoms with Gasteiger partial charge in [0, 0.05) is 40.0 Å². The van der Waals surface area contributed by atoms with E-state index in [0.29, 0.717) is 25.2 Å². The van der Waals surface area contributed by atoms with Crippen molar-refractivity contribution >= 4 is 29.3 Å². The molecule has 50 heavy (non-hydrogen) atoms. The molecule has 2 rings (SSSR count). The van der Waals surface area contributed by atoms with Gasteiger partial charge in [-0.2, -0.15) is 0 Å². The first kappa shape index (κ1) is 42.9. The van der Waals surface area contributed by atoms with E-state index in [1.54, 1.807) is 33.2 Å². The van der Waals surface area contributed by atoms with Crippen LogP contribution < -0.4 is 21.7 Å². The summed E-state index contributed by atoms with van der Waals surface area (Å²) >= 11 is 0. The third kappa shape index (κ3) is 11.4. The molecule has 1 aliphatic rings. The van der Waals surface area contributed by atoms with Crippen molar-refractivity contribution in [2.45, 2.75) is 117 Å². The van der Waals surface area contributed by atoms with E-state index in [2.05, 4.69) is 22.9 Å². The highest BCUT2D eigenvalue weighted by atomic mass is 16.5. The Balaban J connectivity index is 2.19. The second-order valence-electron chi connectivity index (χ2n) is 14.6. The number of likely N-dealkylation sites (N-methyl/N-ethyl adjacent to an activating group) is 2. The van der Waals surface area contributed by atoms with Crippen molar-refractivity contribution in [1.29, 1.82) is 0 Å². The van der Waals surface area contributed by atoms with Gasteiger partial charge in [0.05, 0.1) is 42.7 Å². The fourth-order valence-corrected chi connectivity index (χ4v) is 7.22. The van der Waals surface area contributed by atoms with Gasteiger partial charge in [-0.1, -0.05) is 67.0 Å². The van der Waals surface area contributed by atoms with E-state index in [-0.39, 0.29) is 53.8 Å². The van der Waals surface area contributed by atoms with Crippen LogP contribution in [0.2, 0.25) is 0 Å². The third-order valence-electron chi connectivity index (χ3n) is 10.4. The average molecular weight is 703 g/mol. The summed E-state index contributed by atoms with van der Waals surface area (Å²) in [6.45, 7) is 14.7. The molecule has 12 nitrogen and oxygen atoms in total. The predicted octanol–water partition coefficient (Wildman–Crippen LogP) is 3.23. The fraction of sp³-hybridized carbons (Fsp3) is 0.737. The Morgan fingerprint density at radius 1 is 0.960 bits per heavy atom. The minimum Gasteiger partial charge on any atom is -0.399 e. The van der Waals surface area contributed by atoms with Crippen LogP contribution in [0.15, 0.2) is 24.3 Å². The molecule has 1 aromatic carbocycles.